The number of benzene rings is 2. The van der Waals surface area contributed by atoms with Crippen LogP contribution in [0.3, 0.4) is 0 Å². The Morgan fingerprint density at radius 1 is 1.08 bits per heavy atom. The monoisotopic (exact) mass is 359 g/mol. The summed E-state index contributed by atoms with van der Waals surface area (Å²) in [5.41, 5.74) is 2.97. The number of nitro benzene ring substituents is 1. The maximum absolute atomic E-state index is 10.8. The van der Waals surface area contributed by atoms with Crippen LogP contribution in [0.2, 0.25) is 0 Å². The Balaban J connectivity index is 2.04. The maximum atomic E-state index is 10.8. The molecule has 0 saturated heterocycles. The normalized spacial score (nSPS) is 10.6. The Morgan fingerprint density at radius 2 is 1.67 bits per heavy atom. The number of rotatable bonds is 4. The summed E-state index contributed by atoms with van der Waals surface area (Å²) in [5, 5.41) is 11.9. The number of thiol groups is 1. The molecule has 0 atom stereocenters. The van der Waals surface area contributed by atoms with E-state index in [0.717, 1.165) is 31.8 Å². The highest BCUT2D eigenvalue weighted by molar-refractivity contribution is 7.83. The topological polar surface area (TPSA) is 56.3 Å². The second kappa shape index (κ2) is 6.62. The molecule has 0 saturated carbocycles. The van der Waals surface area contributed by atoms with Crippen LogP contribution in [-0.4, -0.2) is 12.0 Å². The van der Waals surface area contributed by atoms with Gasteiger partial charge in [0.25, 0.3) is 10.7 Å². The van der Waals surface area contributed by atoms with Crippen LogP contribution in [0.25, 0.3) is 21.8 Å². The van der Waals surface area contributed by atoms with Gasteiger partial charge in [0.2, 0.25) is 5.69 Å². The molecule has 0 fully saturated rings. The van der Waals surface area contributed by atoms with Crippen LogP contribution in [-0.2, 0) is 7.05 Å². The Hall–Kier alpha value is -2.38. The molecule has 7 heteroatoms. The van der Waals surface area contributed by atoms with E-state index in [2.05, 4.69) is 17.2 Å². The van der Waals surface area contributed by atoms with Crippen molar-refractivity contribution in [2.45, 2.75) is 4.21 Å². The lowest BCUT2D eigenvalue weighted by atomic mass is 10.1. The fourth-order valence-corrected chi connectivity index (χ4v) is 4.05. The van der Waals surface area contributed by atoms with Gasteiger partial charge in [0.15, 0.2) is 0 Å². The molecule has 2 aromatic carbocycles. The molecule has 3 aromatic rings. The van der Waals surface area contributed by atoms with Crippen LogP contribution in [0, 0.1) is 10.1 Å². The molecule has 0 N–H and O–H groups in total. The first-order chi connectivity index (χ1) is 11.5. The van der Waals surface area contributed by atoms with Crippen LogP contribution < -0.4 is 9.30 Å². The van der Waals surface area contributed by atoms with Crippen LogP contribution >= 0.6 is 24.0 Å². The van der Waals surface area contributed by atoms with E-state index in [9.17, 15) is 10.1 Å². The minimum absolute atomic E-state index is 0.0766. The van der Waals surface area contributed by atoms with Crippen molar-refractivity contribution in [3.05, 3.63) is 58.6 Å². The lowest BCUT2D eigenvalue weighted by molar-refractivity contribution is -0.646. The van der Waals surface area contributed by atoms with Crippen molar-refractivity contribution in [1.29, 1.82) is 0 Å². The van der Waals surface area contributed by atoms with Crippen LogP contribution in [0.15, 0.2) is 52.7 Å². The molecule has 0 aliphatic carbocycles. The molecule has 0 aliphatic heterocycles. The molecule has 0 spiro atoms. The first-order valence-corrected chi connectivity index (χ1v) is 8.38. The van der Waals surface area contributed by atoms with Gasteiger partial charge in [-0.2, -0.15) is 4.57 Å². The van der Waals surface area contributed by atoms with Gasteiger partial charge in [-0.25, -0.2) is 0 Å². The van der Waals surface area contributed by atoms with Crippen molar-refractivity contribution in [1.82, 2.24) is 0 Å². The van der Waals surface area contributed by atoms with E-state index in [0.29, 0.717) is 0 Å². The molecule has 24 heavy (non-hydrogen) atoms. The van der Waals surface area contributed by atoms with E-state index in [-0.39, 0.29) is 5.69 Å². The predicted molar refractivity (Wildman–Crippen MR) is 96.8 cm³/mol. The van der Waals surface area contributed by atoms with Crippen molar-refractivity contribution in [3.8, 4) is 27.6 Å². The Kier molecular flexibility index (Phi) is 4.55. The largest absolute Gasteiger partial charge is 0.497 e. The van der Waals surface area contributed by atoms with E-state index in [1.807, 2.05) is 31.3 Å². The predicted octanol–water partition coefficient (Wildman–Crippen LogP) is 4.11. The number of thiazole rings is 1. The van der Waals surface area contributed by atoms with Crippen molar-refractivity contribution < 1.29 is 14.2 Å². The Bertz CT molecular complexity index is 887. The zero-order valence-electron chi connectivity index (χ0n) is 13.1. The molecule has 0 amide bonds. The van der Waals surface area contributed by atoms with Gasteiger partial charge in [-0.05, 0) is 36.4 Å². The van der Waals surface area contributed by atoms with Gasteiger partial charge in [-0.1, -0.05) is 11.3 Å². The van der Waals surface area contributed by atoms with Crippen LogP contribution in [0.1, 0.15) is 0 Å². The molecule has 0 radical (unpaired) electrons. The summed E-state index contributed by atoms with van der Waals surface area (Å²) in [5.74, 6) is 0.805. The van der Waals surface area contributed by atoms with Gasteiger partial charge in [-0.3, -0.25) is 10.1 Å². The molecule has 5 nitrogen and oxygen atoms in total. The van der Waals surface area contributed by atoms with Gasteiger partial charge in [0, 0.05) is 17.7 Å². The van der Waals surface area contributed by atoms with E-state index in [4.69, 9.17) is 4.74 Å². The van der Waals surface area contributed by atoms with Gasteiger partial charge >= 0.3 is 0 Å². The number of nitrogens with zero attached hydrogens (tertiary/aromatic N) is 2. The first-order valence-electron chi connectivity index (χ1n) is 7.12. The third-order valence-corrected chi connectivity index (χ3v) is 5.30. The van der Waals surface area contributed by atoms with Crippen molar-refractivity contribution in [2.75, 3.05) is 7.11 Å². The number of methoxy groups -OCH3 is 1. The second-order valence-corrected chi connectivity index (χ2v) is 6.90. The Morgan fingerprint density at radius 3 is 2.21 bits per heavy atom. The number of ether oxygens (including phenoxy) is 1. The lowest BCUT2D eigenvalue weighted by Gasteiger charge is -2.00. The van der Waals surface area contributed by atoms with Gasteiger partial charge < -0.3 is 4.74 Å². The zero-order valence-corrected chi connectivity index (χ0v) is 14.8. The van der Waals surface area contributed by atoms with Gasteiger partial charge in [0.05, 0.1) is 17.6 Å². The highest BCUT2D eigenvalue weighted by Gasteiger charge is 2.25. The van der Waals surface area contributed by atoms with Crippen molar-refractivity contribution in [2.24, 2.45) is 7.05 Å². The third kappa shape index (κ3) is 3.00. The molecule has 0 bridgehead atoms. The molecular formula is C17H15N2O3S2+. The number of aromatic nitrogens is 1. The quantitative estimate of drug-likeness (QED) is 0.330. The summed E-state index contributed by atoms with van der Waals surface area (Å²) in [6, 6.07) is 14.3. The number of non-ortho nitro benzene ring substituents is 1. The number of hydrogen-bond acceptors (Lipinski definition) is 5. The van der Waals surface area contributed by atoms with E-state index >= 15 is 0 Å². The highest BCUT2D eigenvalue weighted by Crippen LogP contribution is 2.35. The average Bonchev–Trinajstić information content (AvgIpc) is 2.89. The summed E-state index contributed by atoms with van der Waals surface area (Å²) in [4.78, 5) is 10.4. The van der Waals surface area contributed by atoms with Gasteiger partial charge in [0.1, 0.15) is 17.0 Å². The SMILES string of the molecule is COc1ccc(-c2sc(S)c(-c3ccc([N+](=O)[O-])cc3)[n+]2C)cc1. The number of nitro groups is 1. The van der Waals surface area contributed by atoms with Crippen molar-refractivity contribution in [3.63, 3.8) is 0 Å². The van der Waals surface area contributed by atoms with Crippen LogP contribution in [0.4, 0.5) is 5.69 Å². The standard InChI is InChI=1S/C17H14N2O3S2/c1-18-15(11-3-7-13(8-4-11)19(20)21)17(23)24-16(18)12-5-9-14(22-2)10-6-12/h3-10H,1-2H3/p+1. The van der Waals surface area contributed by atoms with Gasteiger partial charge in [-0.15, -0.1) is 12.6 Å². The fraction of sp³-hybridized carbons (Fsp3) is 0.118. The Labute approximate surface area is 148 Å². The zero-order chi connectivity index (χ0) is 17.3. The summed E-state index contributed by atoms with van der Waals surface area (Å²) >= 11 is 6.16. The minimum Gasteiger partial charge on any atom is -0.497 e. The summed E-state index contributed by atoms with van der Waals surface area (Å²) in [7, 11) is 3.60. The highest BCUT2D eigenvalue weighted by atomic mass is 32.2. The summed E-state index contributed by atoms with van der Waals surface area (Å²) in [6.45, 7) is 0. The third-order valence-electron chi connectivity index (χ3n) is 3.72. The smallest absolute Gasteiger partial charge is 0.270 e. The summed E-state index contributed by atoms with van der Waals surface area (Å²) < 4.78 is 8.10. The molecule has 0 aliphatic rings. The van der Waals surface area contributed by atoms with E-state index in [1.165, 1.54) is 12.1 Å². The average molecular weight is 359 g/mol. The molecule has 3 rings (SSSR count). The molecule has 122 valence electrons. The lowest BCUT2D eigenvalue weighted by Crippen LogP contribution is -2.30. The summed E-state index contributed by atoms with van der Waals surface area (Å²) in [6.07, 6.45) is 0. The van der Waals surface area contributed by atoms with E-state index in [1.54, 1.807) is 30.6 Å². The molecule has 1 aromatic heterocycles. The van der Waals surface area contributed by atoms with Crippen molar-refractivity contribution >= 4 is 29.7 Å². The molecule has 0 unspecified atom stereocenters. The number of hydrogen-bond donors (Lipinski definition) is 1. The second-order valence-electron chi connectivity index (χ2n) is 5.15. The minimum atomic E-state index is -0.401. The maximum Gasteiger partial charge on any atom is 0.270 e. The van der Waals surface area contributed by atoms with Crippen LogP contribution in [0.5, 0.6) is 5.75 Å². The molecular weight excluding hydrogens is 344 g/mol. The first kappa shape index (κ1) is 16.5. The molecule has 1 heterocycles. The van der Waals surface area contributed by atoms with E-state index < -0.39 is 4.92 Å². The fourth-order valence-electron chi connectivity index (χ4n) is 2.50.